The lowest BCUT2D eigenvalue weighted by Gasteiger charge is -2.40. The zero-order valence-electron chi connectivity index (χ0n) is 12.7. The molecular formula is C15H19F2NO3. The average Bonchev–Trinajstić information content (AvgIpc) is 2.32. The van der Waals surface area contributed by atoms with Gasteiger partial charge in [0, 0.05) is 18.5 Å². The van der Waals surface area contributed by atoms with Gasteiger partial charge in [0.1, 0.15) is 11.6 Å². The van der Waals surface area contributed by atoms with E-state index in [2.05, 4.69) is 0 Å². The van der Waals surface area contributed by atoms with Gasteiger partial charge in [0.05, 0.1) is 0 Å². The molecule has 0 aliphatic carbocycles. The Hall–Kier alpha value is -1.98. The SMILES string of the molecule is CC(=O)N(C(C)C)C(C)(C(=O)O)c1cc(F)c(C)cc1F. The van der Waals surface area contributed by atoms with Gasteiger partial charge in [-0.1, -0.05) is 0 Å². The summed E-state index contributed by atoms with van der Waals surface area (Å²) in [5.74, 6) is -3.53. The number of rotatable bonds is 4. The fourth-order valence-corrected chi connectivity index (χ4v) is 2.56. The first-order valence-corrected chi connectivity index (χ1v) is 6.52. The topological polar surface area (TPSA) is 57.6 Å². The van der Waals surface area contributed by atoms with Crippen molar-refractivity contribution in [1.82, 2.24) is 4.90 Å². The van der Waals surface area contributed by atoms with Crippen molar-refractivity contribution in [2.24, 2.45) is 0 Å². The molecule has 116 valence electrons. The fraction of sp³-hybridized carbons (Fsp3) is 0.467. The van der Waals surface area contributed by atoms with Crippen molar-refractivity contribution >= 4 is 11.9 Å². The number of nitrogens with zero attached hydrogens (tertiary/aromatic N) is 1. The van der Waals surface area contributed by atoms with Crippen LogP contribution in [0.4, 0.5) is 8.78 Å². The largest absolute Gasteiger partial charge is 0.479 e. The highest BCUT2D eigenvalue weighted by atomic mass is 19.1. The van der Waals surface area contributed by atoms with Crippen LogP contribution in [0, 0.1) is 18.6 Å². The molecule has 0 saturated carbocycles. The molecule has 4 nitrogen and oxygen atoms in total. The molecule has 0 heterocycles. The van der Waals surface area contributed by atoms with E-state index in [1.807, 2.05) is 0 Å². The van der Waals surface area contributed by atoms with Gasteiger partial charge in [0.15, 0.2) is 5.54 Å². The van der Waals surface area contributed by atoms with Gasteiger partial charge in [0.25, 0.3) is 0 Å². The van der Waals surface area contributed by atoms with Crippen molar-refractivity contribution < 1.29 is 23.5 Å². The molecule has 1 unspecified atom stereocenters. The number of carboxylic acid groups (broad SMARTS) is 1. The number of hydrogen-bond donors (Lipinski definition) is 1. The van der Waals surface area contributed by atoms with E-state index in [0.29, 0.717) is 0 Å². The van der Waals surface area contributed by atoms with Crippen LogP contribution in [0.2, 0.25) is 0 Å². The molecule has 21 heavy (non-hydrogen) atoms. The third kappa shape index (κ3) is 2.89. The summed E-state index contributed by atoms with van der Waals surface area (Å²) in [6.07, 6.45) is 0. The highest BCUT2D eigenvalue weighted by Crippen LogP contribution is 2.34. The highest BCUT2D eigenvalue weighted by Gasteiger charge is 2.46. The fourth-order valence-electron chi connectivity index (χ4n) is 2.56. The molecule has 0 saturated heterocycles. The van der Waals surface area contributed by atoms with Crippen molar-refractivity contribution in [3.8, 4) is 0 Å². The Morgan fingerprint density at radius 2 is 1.76 bits per heavy atom. The Bertz CT molecular complexity index is 587. The van der Waals surface area contributed by atoms with Gasteiger partial charge in [0.2, 0.25) is 5.91 Å². The molecule has 1 atom stereocenters. The van der Waals surface area contributed by atoms with Crippen molar-refractivity contribution in [2.45, 2.75) is 46.2 Å². The van der Waals surface area contributed by atoms with Crippen LogP contribution < -0.4 is 0 Å². The summed E-state index contributed by atoms with van der Waals surface area (Å²) >= 11 is 0. The lowest BCUT2D eigenvalue weighted by molar-refractivity contribution is -0.160. The van der Waals surface area contributed by atoms with Crippen molar-refractivity contribution in [3.05, 3.63) is 34.9 Å². The van der Waals surface area contributed by atoms with Crippen molar-refractivity contribution in [2.75, 3.05) is 0 Å². The summed E-state index contributed by atoms with van der Waals surface area (Å²) in [5, 5.41) is 9.56. The maximum Gasteiger partial charge on any atom is 0.334 e. The number of carbonyl (C=O) groups excluding carboxylic acids is 1. The summed E-state index contributed by atoms with van der Waals surface area (Å²) in [7, 11) is 0. The predicted molar refractivity (Wildman–Crippen MR) is 73.7 cm³/mol. The maximum atomic E-state index is 14.2. The van der Waals surface area contributed by atoms with Crippen LogP contribution in [0.5, 0.6) is 0 Å². The van der Waals surface area contributed by atoms with E-state index in [9.17, 15) is 23.5 Å². The minimum Gasteiger partial charge on any atom is -0.479 e. The molecule has 0 spiro atoms. The first-order chi connectivity index (χ1) is 9.53. The normalized spacial score (nSPS) is 13.9. The van der Waals surface area contributed by atoms with Crippen molar-refractivity contribution in [3.63, 3.8) is 0 Å². The van der Waals surface area contributed by atoms with E-state index in [4.69, 9.17) is 0 Å². The number of amides is 1. The number of carbonyl (C=O) groups is 2. The molecule has 0 aromatic heterocycles. The van der Waals surface area contributed by atoms with E-state index in [-0.39, 0.29) is 11.1 Å². The highest BCUT2D eigenvalue weighted by molar-refractivity contribution is 5.87. The summed E-state index contributed by atoms with van der Waals surface area (Å²) in [6, 6.07) is 1.29. The average molecular weight is 299 g/mol. The number of aliphatic carboxylic acids is 1. The molecule has 0 bridgehead atoms. The van der Waals surface area contributed by atoms with Gasteiger partial charge >= 0.3 is 5.97 Å². The van der Waals surface area contributed by atoms with Gasteiger partial charge in [-0.25, -0.2) is 13.6 Å². The molecule has 1 rings (SSSR count). The van der Waals surface area contributed by atoms with E-state index in [1.165, 1.54) is 20.8 Å². The third-order valence-electron chi connectivity index (χ3n) is 3.53. The summed E-state index contributed by atoms with van der Waals surface area (Å²) in [4.78, 5) is 24.6. The van der Waals surface area contributed by atoms with E-state index in [1.54, 1.807) is 13.8 Å². The van der Waals surface area contributed by atoms with Crippen LogP contribution in [0.1, 0.15) is 38.8 Å². The monoisotopic (exact) mass is 299 g/mol. The summed E-state index contributed by atoms with van der Waals surface area (Å²) in [6.45, 7) is 7.01. The van der Waals surface area contributed by atoms with Gasteiger partial charge in [-0.3, -0.25) is 4.79 Å². The smallest absolute Gasteiger partial charge is 0.334 e. The first-order valence-electron chi connectivity index (χ1n) is 6.52. The van der Waals surface area contributed by atoms with Crippen molar-refractivity contribution in [1.29, 1.82) is 0 Å². The van der Waals surface area contributed by atoms with Crippen LogP contribution in [-0.2, 0) is 15.1 Å². The molecular weight excluding hydrogens is 280 g/mol. The van der Waals surface area contributed by atoms with Crippen LogP contribution in [0.15, 0.2) is 12.1 Å². The number of halogens is 2. The second-order valence-electron chi connectivity index (χ2n) is 5.44. The summed E-state index contributed by atoms with van der Waals surface area (Å²) < 4.78 is 28.0. The van der Waals surface area contributed by atoms with Gasteiger partial charge in [-0.05, 0) is 45.4 Å². The Morgan fingerprint density at radius 1 is 1.24 bits per heavy atom. The predicted octanol–water partition coefficient (Wildman–Crippen LogP) is 2.83. The molecule has 1 aromatic carbocycles. The summed E-state index contributed by atoms with van der Waals surface area (Å²) in [5.41, 5.74) is -2.29. The molecule has 0 fully saturated rings. The molecule has 0 aliphatic rings. The van der Waals surface area contributed by atoms with Gasteiger partial charge in [-0.15, -0.1) is 0 Å². The Balaban J connectivity index is 3.66. The number of aryl methyl sites for hydroxylation is 1. The maximum absolute atomic E-state index is 14.2. The van der Waals surface area contributed by atoms with Crippen LogP contribution in [0.25, 0.3) is 0 Å². The number of carboxylic acids is 1. The van der Waals surface area contributed by atoms with Crippen LogP contribution >= 0.6 is 0 Å². The van der Waals surface area contributed by atoms with E-state index in [0.717, 1.165) is 17.0 Å². The molecule has 0 aliphatic heterocycles. The Morgan fingerprint density at radius 3 is 2.14 bits per heavy atom. The van der Waals surface area contributed by atoms with Crippen LogP contribution in [-0.4, -0.2) is 27.9 Å². The second kappa shape index (κ2) is 5.79. The van der Waals surface area contributed by atoms with E-state index < -0.39 is 35.1 Å². The van der Waals surface area contributed by atoms with E-state index >= 15 is 0 Å². The first kappa shape index (κ1) is 17.1. The Kier molecular flexibility index (Phi) is 4.71. The lowest BCUT2D eigenvalue weighted by Crippen LogP contribution is -2.55. The molecule has 0 radical (unpaired) electrons. The molecule has 6 heteroatoms. The lowest BCUT2D eigenvalue weighted by atomic mass is 9.87. The quantitative estimate of drug-likeness (QED) is 0.930. The molecule has 1 amide bonds. The Labute approximate surface area is 122 Å². The number of benzene rings is 1. The minimum absolute atomic E-state index is 0.0721. The van der Waals surface area contributed by atoms with Crippen LogP contribution in [0.3, 0.4) is 0 Å². The zero-order valence-corrected chi connectivity index (χ0v) is 12.7. The molecule has 1 N–H and O–H groups in total. The standard InChI is InChI=1S/C15H19F2NO3/c1-8(2)18(10(4)19)15(5,14(20)21)11-7-12(16)9(3)6-13(11)17/h6-8H,1-5H3,(H,20,21). The zero-order chi connectivity index (χ0) is 16.5. The minimum atomic E-state index is -1.99. The second-order valence-corrected chi connectivity index (χ2v) is 5.44. The third-order valence-corrected chi connectivity index (χ3v) is 3.53. The van der Waals surface area contributed by atoms with Gasteiger partial charge in [-0.2, -0.15) is 0 Å². The number of hydrogen-bond acceptors (Lipinski definition) is 2. The van der Waals surface area contributed by atoms with Gasteiger partial charge < -0.3 is 10.0 Å². The molecule has 1 aromatic rings.